The smallest absolute Gasteiger partial charge is 0.668 e. The van der Waals surface area contributed by atoms with Crippen molar-refractivity contribution in [2.75, 3.05) is 0 Å². The molecule has 1 aromatic rings. The second kappa shape index (κ2) is 11.8. The zero-order chi connectivity index (χ0) is 21.3. The van der Waals surface area contributed by atoms with Crippen LogP contribution in [0.4, 0.5) is 0 Å². The average Bonchev–Trinajstić information content (AvgIpc) is 2.46. The summed E-state index contributed by atoms with van der Waals surface area (Å²) in [5.74, 6) is 0. The van der Waals surface area contributed by atoms with Crippen LogP contribution in [0.1, 0.15) is 43.0 Å². The topological polar surface area (TPSA) is 28.2 Å². The molecule has 0 amide bonds. The van der Waals surface area contributed by atoms with E-state index in [1.807, 2.05) is 0 Å². The summed E-state index contributed by atoms with van der Waals surface area (Å²) in [5.41, 5.74) is 5.94. The maximum Gasteiger partial charge on any atom is 3.00 e. The van der Waals surface area contributed by atoms with Crippen molar-refractivity contribution in [2.24, 2.45) is 0 Å². The molecule has 0 unspecified atom stereocenters. The molecule has 165 valence electrons. The molecular weight excluding hydrogens is 527 g/mol. The Morgan fingerprint density at radius 2 is 1.11 bits per heavy atom. The van der Waals surface area contributed by atoms with Gasteiger partial charge in [0, 0.05) is 0 Å². The average molecular weight is 575 g/mol. The van der Waals surface area contributed by atoms with Gasteiger partial charge in [0.15, 0.2) is 0 Å². The fraction of sp³-hybridized carbons (Fsp3) is 0.727. The van der Waals surface area contributed by atoms with Gasteiger partial charge in [0.1, 0.15) is 0 Å². The van der Waals surface area contributed by atoms with Crippen LogP contribution in [0.5, 0.6) is 0 Å². The fourth-order valence-electron chi connectivity index (χ4n) is 4.04. The molecule has 0 saturated carbocycles. The summed E-state index contributed by atoms with van der Waals surface area (Å²) < 4.78 is 4.82. The van der Waals surface area contributed by atoms with E-state index in [1.54, 1.807) is 5.19 Å². The third-order valence-corrected chi connectivity index (χ3v) is 12.9. The standard InChI is InChI=1S/C15H27NSi.C6H18NSi2.CH3.Sm/c1-10-11(2)13(4)14(12(10)3)17(8,9)16-15(5,6)7;1-8(2,3)7-9(4,5)6;;/h1-9H3;1-6H3;1H3;/q-2;2*-1;+3. The van der Waals surface area contributed by atoms with Crippen molar-refractivity contribution in [3.8, 4) is 0 Å². The summed E-state index contributed by atoms with van der Waals surface area (Å²) in [7, 11) is -3.90. The van der Waals surface area contributed by atoms with E-state index in [2.05, 4.69) is 101 Å². The van der Waals surface area contributed by atoms with Crippen LogP contribution >= 0.6 is 0 Å². The van der Waals surface area contributed by atoms with Crippen LogP contribution in [0.2, 0.25) is 52.4 Å². The van der Waals surface area contributed by atoms with Gasteiger partial charge in [-0.25, -0.2) is 5.19 Å². The monoisotopic (exact) mass is 576 g/mol. The molecule has 1 aromatic carbocycles. The number of hydrogen-bond acceptors (Lipinski definition) is 0. The van der Waals surface area contributed by atoms with Crippen LogP contribution in [0, 0.1) is 75.5 Å². The minimum atomic E-state index is -1.69. The Bertz CT molecular complexity index is 564. The molecule has 6 heteroatoms. The molecular formula is C22H48N2Si3Sm-. The zero-order valence-electron chi connectivity index (χ0n) is 21.8. The second-order valence-corrected chi connectivity index (χ2v) is 24.6. The van der Waals surface area contributed by atoms with Crippen LogP contribution in [0.15, 0.2) is 0 Å². The molecule has 2 nitrogen and oxygen atoms in total. The molecule has 0 spiro atoms. The van der Waals surface area contributed by atoms with Crippen LogP contribution in [-0.4, -0.2) is 30.2 Å². The Morgan fingerprint density at radius 3 is 1.29 bits per heavy atom. The van der Waals surface area contributed by atoms with E-state index < -0.39 is 24.7 Å². The van der Waals surface area contributed by atoms with E-state index in [-0.39, 0.29) is 53.4 Å². The van der Waals surface area contributed by atoms with Crippen molar-refractivity contribution in [1.82, 2.24) is 0 Å². The summed E-state index contributed by atoms with van der Waals surface area (Å²) in [6.07, 6.45) is 0. The molecule has 0 saturated heterocycles. The molecule has 1 radical (unpaired) electrons. The van der Waals surface area contributed by atoms with E-state index in [9.17, 15) is 0 Å². The van der Waals surface area contributed by atoms with E-state index in [1.165, 1.54) is 22.3 Å². The molecule has 1 rings (SSSR count). The third-order valence-electron chi connectivity index (χ3n) is 4.34. The Hall–Kier alpha value is 1.26. The van der Waals surface area contributed by atoms with Gasteiger partial charge in [-0.3, -0.25) is 0 Å². The zero-order valence-corrected chi connectivity index (χ0v) is 27.4. The predicted molar refractivity (Wildman–Crippen MR) is 138 cm³/mol. The summed E-state index contributed by atoms with van der Waals surface area (Å²) >= 11 is 0. The van der Waals surface area contributed by atoms with E-state index >= 15 is 0 Å². The molecule has 0 atom stereocenters. The molecule has 0 fully saturated rings. The molecule has 0 N–H and O–H groups in total. The van der Waals surface area contributed by atoms with Crippen LogP contribution < -0.4 is 5.19 Å². The van der Waals surface area contributed by atoms with Crippen molar-refractivity contribution in [3.05, 3.63) is 39.3 Å². The molecule has 0 aliphatic rings. The maximum absolute atomic E-state index is 5.13. The van der Waals surface area contributed by atoms with E-state index in [0.29, 0.717) is 0 Å². The van der Waals surface area contributed by atoms with Gasteiger partial charge in [0.2, 0.25) is 0 Å². The molecule has 0 aromatic heterocycles. The van der Waals surface area contributed by atoms with Gasteiger partial charge in [-0.1, -0.05) is 117 Å². The van der Waals surface area contributed by atoms with Gasteiger partial charge in [-0.15, -0.1) is 13.8 Å². The first kappa shape index (κ1) is 33.9. The predicted octanol–water partition coefficient (Wildman–Crippen LogP) is 7.70. The summed E-state index contributed by atoms with van der Waals surface area (Å²) in [6.45, 7) is 34.1. The van der Waals surface area contributed by atoms with Crippen molar-refractivity contribution in [1.29, 1.82) is 0 Å². The number of hydrogen-bond donors (Lipinski definition) is 0. The quantitative estimate of drug-likeness (QED) is 0.260. The summed E-state index contributed by atoms with van der Waals surface area (Å²) in [6, 6.07) is 0. The summed E-state index contributed by atoms with van der Waals surface area (Å²) in [4.78, 5) is 5.13. The van der Waals surface area contributed by atoms with Gasteiger partial charge in [-0.05, 0) is 0 Å². The second-order valence-electron chi connectivity index (χ2n) is 11.2. The maximum atomic E-state index is 5.13. The Balaban J connectivity index is -0.000000492. The van der Waals surface area contributed by atoms with Crippen LogP contribution in [0.3, 0.4) is 0 Å². The third kappa shape index (κ3) is 12.2. The number of nitrogens with zero attached hydrogens (tertiary/aromatic N) is 2. The van der Waals surface area contributed by atoms with Gasteiger partial charge in [-0.2, -0.15) is 22.3 Å². The first-order chi connectivity index (χ1) is 11.2. The first-order valence-electron chi connectivity index (χ1n) is 9.89. The number of rotatable bonds is 4. The fourth-order valence-corrected chi connectivity index (χ4v) is 16.1. The Labute approximate surface area is 214 Å². The molecule has 28 heavy (non-hydrogen) atoms. The van der Waals surface area contributed by atoms with Gasteiger partial charge in [0.25, 0.3) is 0 Å². The van der Waals surface area contributed by atoms with Crippen molar-refractivity contribution >= 4 is 29.9 Å². The molecule has 0 bridgehead atoms. The van der Waals surface area contributed by atoms with E-state index in [0.717, 1.165) is 0 Å². The van der Waals surface area contributed by atoms with Crippen LogP contribution in [-0.2, 0) is 0 Å². The largest absolute Gasteiger partial charge is 3.00 e. The van der Waals surface area contributed by atoms with Crippen molar-refractivity contribution < 1.29 is 40.4 Å². The van der Waals surface area contributed by atoms with Crippen LogP contribution in [0.25, 0.3) is 9.63 Å². The first-order valence-corrected chi connectivity index (χ1v) is 19.7. The van der Waals surface area contributed by atoms with Gasteiger partial charge >= 0.3 is 40.4 Å². The Kier molecular flexibility index (Phi) is 14.2. The van der Waals surface area contributed by atoms with Crippen molar-refractivity contribution in [2.45, 2.75) is 106 Å². The normalized spacial score (nSPS) is 12.5. The summed E-state index contributed by atoms with van der Waals surface area (Å²) in [5, 5.41) is 1.56. The minimum absolute atomic E-state index is 0. The SMILES string of the molecule is C[Si](C)(C)[N-][Si](C)(C)C.Cc1c([Si](C)(C)[N-]C(C)(C)C)c(C)[c-](C)c1C.[CH3-].[Sm+3]. The molecule has 0 aliphatic carbocycles. The van der Waals surface area contributed by atoms with Crippen molar-refractivity contribution in [3.63, 3.8) is 0 Å². The molecule has 0 aliphatic heterocycles. The Morgan fingerprint density at radius 1 is 0.750 bits per heavy atom. The van der Waals surface area contributed by atoms with Gasteiger partial charge in [0.05, 0.1) is 0 Å². The molecule has 0 heterocycles. The minimum Gasteiger partial charge on any atom is -0.668 e. The van der Waals surface area contributed by atoms with E-state index in [4.69, 9.17) is 9.63 Å². The van der Waals surface area contributed by atoms with Gasteiger partial charge < -0.3 is 17.1 Å².